The van der Waals surface area contributed by atoms with Crippen LogP contribution in [0.5, 0.6) is 0 Å². The normalized spacial score (nSPS) is 23.2. The predicted octanol–water partition coefficient (Wildman–Crippen LogP) is 0.454. The molecule has 0 saturated carbocycles. The van der Waals surface area contributed by atoms with E-state index in [4.69, 9.17) is 4.74 Å². The summed E-state index contributed by atoms with van der Waals surface area (Å²) < 4.78 is 7.49. The Morgan fingerprint density at radius 3 is 2.90 bits per heavy atom. The molecule has 2 fully saturated rings. The Labute approximate surface area is 124 Å². The summed E-state index contributed by atoms with van der Waals surface area (Å²) in [5, 5.41) is 11.6. The van der Waals surface area contributed by atoms with Crippen molar-refractivity contribution in [1.29, 1.82) is 0 Å². The van der Waals surface area contributed by atoms with Gasteiger partial charge in [-0.2, -0.15) is 0 Å². The minimum atomic E-state index is -0.293. The number of carbonyl (C=O) groups is 1. The van der Waals surface area contributed by atoms with Crippen molar-refractivity contribution in [1.82, 2.24) is 25.2 Å². The lowest BCUT2D eigenvalue weighted by Gasteiger charge is -2.37. The maximum atomic E-state index is 12.5. The molecule has 0 radical (unpaired) electrons. The number of ether oxygens (including phenoxy) is 1. The first-order valence-corrected chi connectivity index (χ1v) is 7.61. The van der Waals surface area contributed by atoms with Gasteiger partial charge in [0.15, 0.2) is 5.69 Å². The van der Waals surface area contributed by atoms with Crippen LogP contribution in [-0.4, -0.2) is 64.2 Å². The maximum absolute atomic E-state index is 12.5. The number of aromatic nitrogens is 3. The van der Waals surface area contributed by atoms with E-state index in [2.05, 4.69) is 15.6 Å². The van der Waals surface area contributed by atoms with E-state index >= 15 is 0 Å². The van der Waals surface area contributed by atoms with Crippen LogP contribution in [0.4, 0.5) is 0 Å². The van der Waals surface area contributed by atoms with Gasteiger partial charge in [0.1, 0.15) is 0 Å². The second kappa shape index (κ2) is 5.73. The van der Waals surface area contributed by atoms with Gasteiger partial charge in [0.2, 0.25) is 0 Å². The number of amides is 1. The summed E-state index contributed by atoms with van der Waals surface area (Å²) in [6, 6.07) is 0.349. The molecule has 2 aliphatic rings. The number of piperidine rings is 1. The van der Waals surface area contributed by atoms with Crippen LogP contribution in [0, 0.1) is 0 Å². The molecule has 7 heteroatoms. The zero-order chi connectivity index (χ0) is 14.9. The molecular weight excluding hydrogens is 270 g/mol. The van der Waals surface area contributed by atoms with Crippen molar-refractivity contribution in [3.05, 3.63) is 11.9 Å². The summed E-state index contributed by atoms with van der Waals surface area (Å²) in [4.78, 5) is 14.3. The Bertz CT molecular complexity index is 507. The monoisotopic (exact) mass is 293 g/mol. The van der Waals surface area contributed by atoms with Crippen molar-refractivity contribution >= 4 is 5.91 Å². The topological polar surface area (TPSA) is 72.3 Å². The quantitative estimate of drug-likeness (QED) is 0.857. The maximum Gasteiger partial charge on any atom is 0.276 e. The summed E-state index contributed by atoms with van der Waals surface area (Å²) in [7, 11) is 0. The second-order valence-electron chi connectivity index (χ2n) is 6.40. The Balaban J connectivity index is 1.69. The number of nitrogens with one attached hydrogen (secondary N) is 1. The fourth-order valence-electron chi connectivity index (χ4n) is 2.98. The Hall–Kier alpha value is -1.47. The number of rotatable bonds is 2. The van der Waals surface area contributed by atoms with Crippen LogP contribution in [0.1, 0.15) is 43.2 Å². The lowest BCUT2D eigenvalue weighted by molar-refractivity contribution is -0.0765. The average Bonchev–Trinajstić information content (AvgIpc) is 2.96. The summed E-state index contributed by atoms with van der Waals surface area (Å²) >= 11 is 0. The molecule has 3 rings (SSSR count). The average molecular weight is 293 g/mol. The molecule has 0 aliphatic carbocycles. The fraction of sp³-hybridized carbons (Fsp3) is 0.786. The lowest BCUT2D eigenvalue weighted by atomic mass is 10.1. The molecule has 21 heavy (non-hydrogen) atoms. The van der Waals surface area contributed by atoms with Crippen LogP contribution in [0.2, 0.25) is 0 Å². The molecule has 0 aromatic carbocycles. The van der Waals surface area contributed by atoms with Crippen molar-refractivity contribution < 1.29 is 9.53 Å². The molecular formula is C14H23N5O2. The van der Waals surface area contributed by atoms with Gasteiger partial charge < -0.3 is 15.0 Å². The van der Waals surface area contributed by atoms with E-state index in [0.29, 0.717) is 31.4 Å². The standard InChI is InChI=1S/C14H23N5O2/c1-14(2)10-18(7-8-21-14)13(20)12-9-19(17-16-12)11-3-5-15-6-4-11/h9,11,15H,3-8,10H2,1-2H3. The molecule has 1 aromatic heterocycles. The van der Waals surface area contributed by atoms with E-state index in [0.717, 1.165) is 25.9 Å². The highest BCUT2D eigenvalue weighted by atomic mass is 16.5. The van der Waals surface area contributed by atoms with E-state index in [1.807, 2.05) is 18.5 Å². The van der Waals surface area contributed by atoms with Gasteiger partial charge in [0.05, 0.1) is 24.4 Å². The zero-order valence-corrected chi connectivity index (χ0v) is 12.7. The molecule has 1 aromatic rings. The third-order valence-corrected chi connectivity index (χ3v) is 4.13. The van der Waals surface area contributed by atoms with Crippen molar-refractivity contribution in [3.63, 3.8) is 0 Å². The minimum absolute atomic E-state index is 0.0495. The number of nitrogens with zero attached hydrogens (tertiary/aromatic N) is 4. The van der Waals surface area contributed by atoms with Gasteiger partial charge in [0.25, 0.3) is 5.91 Å². The van der Waals surface area contributed by atoms with Crippen LogP contribution >= 0.6 is 0 Å². The number of morpholine rings is 1. The van der Waals surface area contributed by atoms with E-state index in [-0.39, 0.29) is 11.5 Å². The van der Waals surface area contributed by atoms with Gasteiger partial charge in [0, 0.05) is 13.1 Å². The number of hydrogen-bond donors (Lipinski definition) is 1. The van der Waals surface area contributed by atoms with Gasteiger partial charge in [-0.3, -0.25) is 4.79 Å². The fourth-order valence-corrected chi connectivity index (χ4v) is 2.98. The van der Waals surface area contributed by atoms with Crippen molar-refractivity contribution in [2.45, 2.75) is 38.3 Å². The van der Waals surface area contributed by atoms with Crippen LogP contribution in [0.25, 0.3) is 0 Å². The number of carbonyl (C=O) groups excluding carboxylic acids is 1. The molecule has 0 unspecified atom stereocenters. The van der Waals surface area contributed by atoms with Gasteiger partial charge in [-0.15, -0.1) is 5.10 Å². The lowest BCUT2D eigenvalue weighted by Crippen LogP contribution is -2.50. The zero-order valence-electron chi connectivity index (χ0n) is 12.7. The Morgan fingerprint density at radius 2 is 2.19 bits per heavy atom. The highest BCUT2D eigenvalue weighted by Crippen LogP contribution is 2.20. The first-order chi connectivity index (χ1) is 10.1. The van der Waals surface area contributed by atoms with Gasteiger partial charge >= 0.3 is 0 Å². The SMILES string of the molecule is CC1(C)CN(C(=O)c2cn(C3CCNCC3)nn2)CCO1. The first kappa shape index (κ1) is 14.5. The van der Waals surface area contributed by atoms with E-state index < -0.39 is 0 Å². The van der Waals surface area contributed by atoms with E-state index in [1.165, 1.54) is 0 Å². The third kappa shape index (κ3) is 3.24. The molecule has 2 aliphatic heterocycles. The molecule has 1 N–H and O–H groups in total. The smallest absolute Gasteiger partial charge is 0.276 e. The van der Waals surface area contributed by atoms with Crippen molar-refractivity contribution in [2.75, 3.05) is 32.8 Å². The van der Waals surface area contributed by atoms with Crippen LogP contribution in [0.15, 0.2) is 6.20 Å². The summed E-state index contributed by atoms with van der Waals surface area (Å²) in [6.07, 6.45) is 3.85. The summed E-state index contributed by atoms with van der Waals surface area (Å²) in [5.74, 6) is -0.0495. The van der Waals surface area contributed by atoms with Gasteiger partial charge in [-0.1, -0.05) is 5.21 Å². The van der Waals surface area contributed by atoms with Crippen molar-refractivity contribution in [2.24, 2.45) is 0 Å². The van der Waals surface area contributed by atoms with Crippen molar-refractivity contribution in [3.8, 4) is 0 Å². The predicted molar refractivity (Wildman–Crippen MR) is 77.1 cm³/mol. The third-order valence-electron chi connectivity index (χ3n) is 4.13. The van der Waals surface area contributed by atoms with Crippen LogP contribution < -0.4 is 5.32 Å². The highest BCUT2D eigenvalue weighted by Gasteiger charge is 2.31. The number of hydrogen-bond acceptors (Lipinski definition) is 5. The molecule has 0 spiro atoms. The Kier molecular flexibility index (Phi) is 3.95. The molecule has 2 saturated heterocycles. The molecule has 116 valence electrons. The molecule has 7 nitrogen and oxygen atoms in total. The minimum Gasteiger partial charge on any atom is -0.372 e. The van der Waals surface area contributed by atoms with E-state index in [1.54, 1.807) is 11.1 Å². The molecule has 1 amide bonds. The first-order valence-electron chi connectivity index (χ1n) is 7.61. The van der Waals surface area contributed by atoms with Gasteiger partial charge in [-0.25, -0.2) is 4.68 Å². The molecule has 3 heterocycles. The second-order valence-corrected chi connectivity index (χ2v) is 6.40. The summed E-state index contributed by atoms with van der Waals surface area (Å²) in [6.45, 7) is 7.75. The van der Waals surface area contributed by atoms with Crippen LogP contribution in [0.3, 0.4) is 0 Å². The molecule has 0 bridgehead atoms. The van der Waals surface area contributed by atoms with Crippen LogP contribution in [-0.2, 0) is 4.74 Å². The van der Waals surface area contributed by atoms with Gasteiger partial charge in [-0.05, 0) is 39.8 Å². The largest absolute Gasteiger partial charge is 0.372 e. The van der Waals surface area contributed by atoms with E-state index in [9.17, 15) is 4.79 Å². The summed E-state index contributed by atoms with van der Waals surface area (Å²) in [5.41, 5.74) is 0.144. The Morgan fingerprint density at radius 1 is 1.43 bits per heavy atom. The molecule has 0 atom stereocenters. The highest BCUT2D eigenvalue weighted by molar-refractivity contribution is 5.92.